The lowest BCUT2D eigenvalue weighted by atomic mass is 10.2. The van der Waals surface area contributed by atoms with Crippen molar-refractivity contribution in [2.24, 2.45) is 4.99 Å². The summed E-state index contributed by atoms with van der Waals surface area (Å²) in [6.45, 7) is 0.484. The second-order valence-electron chi connectivity index (χ2n) is 3.70. The molecule has 1 N–H and O–H groups in total. The average molecular weight is 219 g/mol. The minimum absolute atomic E-state index is 0.0219. The van der Waals surface area contributed by atoms with Crippen LogP contribution in [0.3, 0.4) is 0 Å². The third-order valence-corrected chi connectivity index (χ3v) is 2.42. The highest BCUT2D eigenvalue weighted by atomic mass is 16.5. The van der Waals surface area contributed by atoms with Gasteiger partial charge in [-0.3, -0.25) is 4.79 Å². The van der Waals surface area contributed by atoms with Gasteiger partial charge in [-0.1, -0.05) is 18.2 Å². The molecule has 1 aliphatic heterocycles. The first-order valence-corrected chi connectivity index (χ1v) is 5.23. The number of ether oxygens (including phenoxy) is 1. The molecule has 0 spiro atoms. The Kier molecular flexibility index (Phi) is 3.19. The topological polar surface area (TPSA) is 58.9 Å². The van der Waals surface area contributed by atoms with E-state index in [0.29, 0.717) is 18.9 Å². The van der Waals surface area contributed by atoms with Gasteiger partial charge in [0.05, 0.1) is 6.04 Å². The molecule has 1 unspecified atom stereocenters. The van der Waals surface area contributed by atoms with E-state index >= 15 is 0 Å². The van der Waals surface area contributed by atoms with Gasteiger partial charge in [0.15, 0.2) is 0 Å². The average Bonchev–Trinajstić information content (AvgIpc) is 2.76. The molecule has 4 nitrogen and oxygen atoms in total. The number of carboxylic acids is 1. The normalized spacial score (nSPS) is 19.0. The first-order chi connectivity index (χ1) is 7.75. The fraction of sp³-hybridized carbons (Fsp3) is 0.333. The maximum Gasteiger partial charge on any atom is 0.303 e. The standard InChI is InChI=1S/C12H13NO3/c14-11(15)7-6-10-8-16-12(13-10)9-4-2-1-3-5-9/h1-5,10H,6-8H2,(H,14,15). The molecule has 0 bridgehead atoms. The van der Waals surface area contributed by atoms with E-state index in [4.69, 9.17) is 9.84 Å². The van der Waals surface area contributed by atoms with E-state index in [2.05, 4.69) is 4.99 Å². The first kappa shape index (κ1) is 10.7. The molecule has 0 radical (unpaired) electrons. The quantitative estimate of drug-likeness (QED) is 0.838. The van der Waals surface area contributed by atoms with Crippen LogP contribution in [0.15, 0.2) is 35.3 Å². The van der Waals surface area contributed by atoms with Crippen molar-refractivity contribution in [2.45, 2.75) is 18.9 Å². The molecule has 1 heterocycles. The largest absolute Gasteiger partial charge is 0.481 e. The van der Waals surface area contributed by atoms with Crippen LogP contribution in [-0.2, 0) is 9.53 Å². The molecule has 0 saturated carbocycles. The van der Waals surface area contributed by atoms with Crippen molar-refractivity contribution in [3.63, 3.8) is 0 Å². The highest BCUT2D eigenvalue weighted by Gasteiger charge is 2.20. The van der Waals surface area contributed by atoms with Gasteiger partial charge in [0.2, 0.25) is 5.90 Å². The molecule has 16 heavy (non-hydrogen) atoms. The van der Waals surface area contributed by atoms with Gasteiger partial charge in [-0.15, -0.1) is 0 Å². The molecule has 2 rings (SSSR count). The Morgan fingerprint density at radius 2 is 2.19 bits per heavy atom. The van der Waals surface area contributed by atoms with Crippen LogP contribution in [0.25, 0.3) is 0 Å². The zero-order valence-corrected chi connectivity index (χ0v) is 8.80. The number of hydrogen-bond donors (Lipinski definition) is 1. The number of rotatable bonds is 4. The molecule has 0 amide bonds. The Bertz CT molecular complexity index is 400. The van der Waals surface area contributed by atoms with Crippen molar-refractivity contribution in [3.8, 4) is 0 Å². The maximum absolute atomic E-state index is 10.4. The number of carbonyl (C=O) groups is 1. The van der Waals surface area contributed by atoms with Gasteiger partial charge in [-0.05, 0) is 18.6 Å². The number of aliphatic carboxylic acids is 1. The van der Waals surface area contributed by atoms with Gasteiger partial charge in [0.25, 0.3) is 0 Å². The summed E-state index contributed by atoms with van der Waals surface area (Å²) in [4.78, 5) is 14.8. The van der Waals surface area contributed by atoms with E-state index in [1.165, 1.54) is 0 Å². The van der Waals surface area contributed by atoms with Crippen molar-refractivity contribution in [3.05, 3.63) is 35.9 Å². The van der Waals surface area contributed by atoms with Crippen LogP contribution in [0.5, 0.6) is 0 Å². The Morgan fingerprint density at radius 3 is 2.88 bits per heavy atom. The molecule has 0 aromatic heterocycles. The van der Waals surface area contributed by atoms with Crippen molar-refractivity contribution in [2.75, 3.05) is 6.61 Å². The molecule has 4 heteroatoms. The highest BCUT2D eigenvalue weighted by Crippen LogP contribution is 2.15. The summed E-state index contributed by atoms with van der Waals surface area (Å²) in [5, 5.41) is 8.57. The van der Waals surface area contributed by atoms with E-state index < -0.39 is 5.97 Å². The van der Waals surface area contributed by atoms with E-state index in [1.807, 2.05) is 30.3 Å². The predicted octanol–water partition coefficient (Wildman–Crippen LogP) is 1.70. The number of benzene rings is 1. The van der Waals surface area contributed by atoms with Crippen LogP contribution >= 0.6 is 0 Å². The molecule has 1 aromatic rings. The first-order valence-electron chi connectivity index (χ1n) is 5.23. The lowest BCUT2D eigenvalue weighted by molar-refractivity contribution is -0.137. The van der Waals surface area contributed by atoms with Gasteiger partial charge >= 0.3 is 5.97 Å². The van der Waals surface area contributed by atoms with Crippen molar-refractivity contribution >= 4 is 11.9 Å². The lowest BCUT2D eigenvalue weighted by Gasteiger charge is -2.00. The van der Waals surface area contributed by atoms with Gasteiger partial charge in [0, 0.05) is 12.0 Å². The predicted molar refractivity (Wildman–Crippen MR) is 59.6 cm³/mol. The second kappa shape index (κ2) is 4.79. The third-order valence-electron chi connectivity index (χ3n) is 2.42. The number of nitrogens with zero attached hydrogens (tertiary/aromatic N) is 1. The van der Waals surface area contributed by atoms with Crippen LogP contribution < -0.4 is 0 Å². The van der Waals surface area contributed by atoms with Crippen molar-refractivity contribution in [1.82, 2.24) is 0 Å². The van der Waals surface area contributed by atoms with Gasteiger partial charge in [-0.2, -0.15) is 0 Å². The van der Waals surface area contributed by atoms with E-state index in [0.717, 1.165) is 5.56 Å². The molecular weight excluding hydrogens is 206 g/mol. The van der Waals surface area contributed by atoms with Gasteiger partial charge in [-0.25, -0.2) is 4.99 Å². The smallest absolute Gasteiger partial charge is 0.303 e. The van der Waals surface area contributed by atoms with Crippen LogP contribution in [0.2, 0.25) is 0 Å². The summed E-state index contributed by atoms with van der Waals surface area (Å²) < 4.78 is 5.44. The SMILES string of the molecule is O=C(O)CCC1COC(c2ccccc2)=N1. The van der Waals surface area contributed by atoms with Gasteiger partial charge in [0.1, 0.15) is 6.61 Å². The summed E-state index contributed by atoms with van der Waals surface area (Å²) in [6, 6.07) is 9.61. The minimum atomic E-state index is -0.789. The third kappa shape index (κ3) is 2.59. The number of aliphatic imine (C=N–C) groups is 1. The van der Waals surface area contributed by atoms with Crippen molar-refractivity contribution in [1.29, 1.82) is 0 Å². The van der Waals surface area contributed by atoms with E-state index in [9.17, 15) is 4.79 Å². The number of hydrogen-bond acceptors (Lipinski definition) is 3. The summed E-state index contributed by atoms with van der Waals surface area (Å²) >= 11 is 0. The van der Waals surface area contributed by atoms with Gasteiger partial charge < -0.3 is 9.84 Å². The number of carboxylic acid groups (broad SMARTS) is 1. The molecule has 84 valence electrons. The fourth-order valence-corrected chi connectivity index (χ4v) is 1.59. The summed E-state index contributed by atoms with van der Waals surface area (Å²) in [5.74, 6) is -0.167. The second-order valence-corrected chi connectivity index (χ2v) is 3.70. The van der Waals surface area contributed by atoms with Crippen LogP contribution in [0, 0.1) is 0 Å². The van der Waals surface area contributed by atoms with E-state index in [1.54, 1.807) is 0 Å². The Labute approximate surface area is 93.6 Å². The molecule has 0 fully saturated rings. The minimum Gasteiger partial charge on any atom is -0.481 e. The lowest BCUT2D eigenvalue weighted by Crippen LogP contribution is -2.08. The Hall–Kier alpha value is -1.84. The molecule has 1 aromatic carbocycles. The molecule has 0 aliphatic carbocycles. The van der Waals surface area contributed by atoms with Crippen LogP contribution in [-0.4, -0.2) is 29.6 Å². The molecule has 1 aliphatic rings. The zero-order valence-electron chi connectivity index (χ0n) is 8.80. The van der Waals surface area contributed by atoms with Crippen LogP contribution in [0.1, 0.15) is 18.4 Å². The molecular formula is C12H13NO3. The molecule has 0 saturated heterocycles. The van der Waals surface area contributed by atoms with Crippen LogP contribution in [0.4, 0.5) is 0 Å². The monoisotopic (exact) mass is 219 g/mol. The Balaban J connectivity index is 1.98. The molecule has 1 atom stereocenters. The zero-order chi connectivity index (χ0) is 11.4. The Morgan fingerprint density at radius 1 is 1.44 bits per heavy atom. The summed E-state index contributed by atoms with van der Waals surface area (Å²) in [5.41, 5.74) is 0.945. The maximum atomic E-state index is 10.4. The summed E-state index contributed by atoms with van der Waals surface area (Å²) in [7, 11) is 0. The summed E-state index contributed by atoms with van der Waals surface area (Å²) in [6.07, 6.45) is 0.672. The van der Waals surface area contributed by atoms with E-state index in [-0.39, 0.29) is 12.5 Å². The highest BCUT2D eigenvalue weighted by molar-refractivity contribution is 5.95. The fourth-order valence-electron chi connectivity index (χ4n) is 1.59. The van der Waals surface area contributed by atoms with Crippen molar-refractivity contribution < 1.29 is 14.6 Å².